The normalized spacial score (nSPS) is 12.5. The number of aromatic nitrogens is 2. The van der Waals surface area contributed by atoms with Gasteiger partial charge in [-0.1, -0.05) is 30.3 Å². The van der Waals surface area contributed by atoms with Gasteiger partial charge in [0.25, 0.3) is 5.91 Å². The Balaban J connectivity index is 2.03. The summed E-state index contributed by atoms with van der Waals surface area (Å²) in [5, 5.41) is 7.65. The van der Waals surface area contributed by atoms with Crippen LogP contribution in [0.3, 0.4) is 0 Å². The maximum Gasteiger partial charge on any atom is 0.417 e. The molecule has 8 heteroatoms. The highest BCUT2D eigenvalue weighted by molar-refractivity contribution is 5.95. The van der Waals surface area contributed by atoms with Gasteiger partial charge in [-0.25, -0.2) is 9.69 Å². The zero-order chi connectivity index (χ0) is 23.0. The van der Waals surface area contributed by atoms with Crippen molar-refractivity contribution in [3.05, 3.63) is 53.3 Å². The lowest BCUT2D eigenvalue weighted by Crippen LogP contribution is -2.44. The average Bonchev–Trinajstić information content (AvgIpc) is 3.01. The van der Waals surface area contributed by atoms with E-state index in [0.717, 1.165) is 16.3 Å². The van der Waals surface area contributed by atoms with Gasteiger partial charge in [0.2, 0.25) is 0 Å². The van der Waals surface area contributed by atoms with Crippen LogP contribution in [-0.2, 0) is 27.9 Å². The summed E-state index contributed by atoms with van der Waals surface area (Å²) in [6.45, 7) is 8.77. The maximum atomic E-state index is 13.2. The molecule has 1 aromatic heterocycles. The molecule has 0 saturated carbocycles. The maximum absolute atomic E-state index is 13.2. The number of carbonyl (C=O) groups excluding carboxylic acids is 2. The molecule has 2 aromatic rings. The second-order valence-corrected chi connectivity index (χ2v) is 8.43. The first kappa shape index (κ1) is 24.6. The van der Waals surface area contributed by atoms with Crippen LogP contribution >= 0.6 is 0 Å². The fraction of sp³-hybridized carbons (Fsp3) is 0.522. The zero-order valence-corrected chi connectivity index (χ0v) is 19.3. The molecule has 0 aliphatic carbocycles. The van der Waals surface area contributed by atoms with E-state index in [1.807, 2.05) is 42.9 Å². The van der Waals surface area contributed by atoms with Crippen molar-refractivity contribution in [1.82, 2.24) is 20.0 Å². The van der Waals surface area contributed by atoms with Crippen LogP contribution in [0.25, 0.3) is 0 Å². The summed E-state index contributed by atoms with van der Waals surface area (Å²) >= 11 is 0. The van der Waals surface area contributed by atoms with E-state index in [1.165, 1.54) is 7.11 Å². The molecule has 2 amide bonds. The molecule has 0 spiro atoms. The minimum Gasteiger partial charge on any atom is -0.443 e. The number of aryl methyl sites for hydroxylation is 2. The van der Waals surface area contributed by atoms with Crippen LogP contribution in [0.1, 0.15) is 50.2 Å². The summed E-state index contributed by atoms with van der Waals surface area (Å²) in [6.07, 6.45) is -0.968. The molecule has 0 aliphatic heterocycles. The molecular formula is C23H34N4O4. The predicted octanol–water partition coefficient (Wildman–Crippen LogP) is 3.36. The number of benzene rings is 1. The van der Waals surface area contributed by atoms with Crippen molar-refractivity contribution in [3.8, 4) is 0 Å². The fourth-order valence-corrected chi connectivity index (χ4v) is 3.17. The number of ether oxygens (including phenoxy) is 2. The van der Waals surface area contributed by atoms with E-state index >= 15 is 0 Å². The number of nitrogens with one attached hydrogen (secondary N) is 1. The molecule has 31 heavy (non-hydrogen) atoms. The highest BCUT2D eigenvalue weighted by Gasteiger charge is 2.32. The molecule has 0 radical (unpaired) electrons. The van der Waals surface area contributed by atoms with E-state index in [2.05, 4.69) is 10.4 Å². The van der Waals surface area contributed by atoms with Crippen LogP contribution < -0.4 is 5.32 Å². The van der Waals surface area contributed by atoms with Gasteiger partial charge in [-0.2, -0.15) is 5.10 Å². The lowest BCUT2D eigenvalue weighted by molar-refractivity contribution is -0.141. The molecule has 1 unspecified atom stereocenters. The second-order valence-electron chi connectivity index (χ2n) is 8.43. The van der Waals surface area contributed by atoms with Gasteiger partial charge in [0.15, 0.2) is 6.10 Å². The van der Waals surface area contributed by atoms with Crippen LogP contribution in [-0.4, -0.2) is 52.5 Å². The van der Waals surface area contributed by atoms with Gasteiger partial charge in [0.05, 0.1) is 11.4 Å². The predicted molar refractivity (Wildman–Crippen MR) is 118 cm³/mol. The Morgan fingerprint density at radius 3 is 2.45 bits per heavy atom. The standard InChI is InChI=1S/C23H34N4O4/c1-17-15-19(26(5)25-17)16-24-13-10-14-27(22(29)31-23(2,3)4)21(28)20(30-6)18-11-8-7-9-12-18/h7-9,11-12,15,20,24H,10,13-14,16H2,1-6H3. The number of carbonyl (C=O) groups is 2. The zero-order valence-electron chi connectivity index (χ0n) is 19.3. The summed E-state index contributed by atoms with van der Waals surface area (Å²) in [5.74, 6) is -0.440. The van der Waals surface area contributed by atoms with E-state index in [9.17, 15) is 9.59 Å². The highest BCUT2D eigenvalue weighted by Crippen LogP contribution is 2.21. The summed E-state index contributed by atoms with van der Waals surface area (Å²) in [4.78, 5) is 27.1. The van der Waals surface area contributed by atoms with Crippen molar-refractivity contribution < 1.29 is 19.1 Å². The summed E-state index contributed by atoms with van der Waals surface area (Å²) in [6, 6.07) is 11.1. The Kier molecular flexibility index (Phi) is 8.76. The van der Waals surface area contributed by atoms with Crippen LogP contribution in [0.2, 0.25) is 0 Å². The van der Waals surface area contributed by atoms with Crippen LogP contribution in [0.4, 0.5) is 4.79 Å². The summed E-state index contributed by atoms with van der Waals surface area (Å²) < 4.78 is 12.7. The van der Waals surface area contributed by atoms with E-state index in [4.69, 9.17) is 9.47 Å². The van der Waals surface area contributed by atoms with Gasteiger partial charge in [-0.3, -0.25) is 9.48 Å². The molecule has 8 nitrogen and oxygen atoms in total. The minimum absolute atomic E-state index is 0.220. The number of nitrogens with zero attached hydrogens (tertiary/aromatic N) is 3. The first-order chi connectivity index (χ1) is 14.6. The van der Waals surface area contributed by atoms with Gasteiger partial charge >= 0.3 is 6.09 Å². The van der Waals surface area contributed by atoms with E-state index in [0.29, 0.717) is 25.1 Å². The van der Waals surface area contributed by atoms with Gasteiger partial charge in [-0.05, 0) is 52.3 Å². The largest absolute Gasteiger partial charge is 0.443 e. The third kappa shape index (κ3) is 7.48. The molecule has 1 heterocycles. The molecule has 0 fully saturated rings. The van der Waals surface area contributed by atoms with Crippen LogP contribution in [0.5, 0.6) is 0 Å². The van der Waals surface area contributed by atoms with Crippen molar-refractivity contribution in [2.24, 2.45) is 7.05 Å². The molecule has 0 saturated heterocycles. The Bertz CT molecular complexity index is 858. The van der Waals surface area contributed by atoms with Crippen LogP contribution in [0, 0.1) is 6.92 Å². The number of rotatable bonds is 9. The third-order valence-electron chi connectivity index (χ3n) is 4.58. The van der Waals surface area contributed by atoms with Crippen molar-refractivity contribution in [3.63, 3.8) is 0 Å². The molecule has 1 aromatic carbocycles. The molecule has 2 rings (SSSR count). The lowest BCUT2D eigenvalue weighted by Gasteiger charge is -2.28. The Morgan fingerprint density at radius 1 is 1.23 bits per heavy atom. The lowest BCUT2D eigenvalue weighted by atomic mass is 10.1. The Hall–Kier alpha value is -2.71. The van der Waals surface area contributed by atoms with Crippen molar-refractivity contribution >= 4 is 12.0 Å². The smallest absolute Gasteiger partial charge is 0.417 e. The first-order valence-electron chi connectivity index (χ1n) is 10.4. The summed E-state index contributed by atoms with van der Waals surface area (Å²) in [5.41, 5.74) is 2.02. The van der Waals surface area contributed by atoms with Crippen molar-refractivity contribution in [1.29, 1.82) is 0 Å². The molecule has 1 atom stereocenters. The number of amides is 2. The van der Waals surface area contributed by atoms with Crippen molar-refractivity contribution in [2.75, 3.05) is 20.2 Å². The quantitative estimate of drug-likeness (QED) is 0.614. The van der Waals surface area contributed by atoms with Gasteiger partial charge in [0, 0.05) is 27.2 Å². The number of imide groups is 1. The third-order valence-corrected chi connectivity index (χ3v) is 4.58. The number of hydrogen-bond acceptors (Lipinski definition) is 6. The number of methoxy groups -OCH3 is 1. The van der Waals surface area contributed by atoms with E-state index in [1.54, 1.807) is 32.9 Å². The SMILES string of the molecule is COC(C(=O)N(CCCNCc1cc(C)nn1C)C(=O)OC(C)(C)C)c1ccccc1. The van der Waals surface area contributed by atoms with Gasteiger partial charge in [0.1, 0.15) is 5.60 Å². The second kappa shape index (κ2) is 11.1. The topological polar surface area (TPSA) is 85.7 Å². The van der Waals surface area contributed by atoms with Crippen LogP contribution in [0.15, 0.2) is 36.4 Å². The minimum atomic E-state index is -0.876. The fourth-order valence-electron chi connectivity index (χ4n) is 3.17. The van der Waals surface area contributed by atoms with E-state index < -0.39 is 23.7 Å². The summed E-state index contributed by atoms with van der Waals surface area (Å²) in [7, 11) is 3.36. The van der Waals surface area contributed by atoms with Gasteiger partial charge < -0.3 is 14.8 Å². The number of hydrogen-bond donors (Lipinski definition) is 1. The molecule has 0 aliphatic rings. The first-order valence-corrected chi connectivity index (χ1v) is 10.4. The molecule has 1 N–H and O–H groups in total. The molecule has 170 valence electrons. The average molecular weight is 431 g/mol. The Labute approximate surface area is 184 Å². The van der Waals surface area contributed by atoms with Crippen molar-refractivity contribution in [2.45, 2.75) is 52.4 Å². The van der Waals surface area contributed by atoms with Gasteiger partial charge in [-0.15, -0.1) is 0 Å². The van der Waals surface area contributed by atoms with E-state index in [-0.39, 0.29) is 6.54 Å². The Morgan fingerprint density at radius 2 is 1.90 bits per heavy atom. The molecular weight excluding hydrogens is 396 g/mol. The molecule has 0 bridgehead atoms. The highest BCUT2D eigenvalue weighted by atomic mass is 16.6. The monoisotopic (exact) mass is 430 g/mol.